The Morgan fingerprint density at radius 3 is 1.51 bits per heavy atom. The largest absolute Gasteiger partial charge is 0.456 e. The van der Waals surface area contributed by atoms with Gasteiger partial charge in [0.25, 0.3) is 0 Å². The fraction of sp³-hybridized carbons (Fsp3) is 0. The van der Waals surface area contributed by atoms with Gasteiger partial charge in [-0.2, -0.15) is 0 Å². The summed E-state index contributed by atoms with van der Waals surface area (Å²) in [6.07, 6.45) is 0. The lowest BCUT2D eigenvalue weighted by atomic mass is 9.86. The Morgan fingerprint density at radius 1 is 0.277 bits per heavy atom. The Hall–Kier alpha value is -6.18. The molecule has 0 aliphatic carbocycles. The van der Waals surface area contributed by atoms with Crippen LogP contribution in [0.2, 0.25) is 0 Å². The molecule has 0 spiro atoms. The maximum atomic E-state index is 6.50. The van der Waals surface area contributed by atoms with Crippen molar-refractivity contribution >= 4 is 54.3 Å². The summed E-state index contributed by atoms with van der Waals surface area (Å²) in [5.74, 6) is 0. The number of furan rings is 1. The van der Waals surface area contributed by atoms with E-state index in [1.165, 1.54) is 71.3 Å². The van der Waals surface area contributed by atoms with Gasteiger partial charge in [-0.1, -0.05) is 152 Å². The topological polar surface area (TPSA) is 13.1 Å². The van der Waals surface area contributed by atoms with Crippen molar-refractivity contribution in [1.29, 1.82) is 0 Å². The van der Waals surface area contributed by atoms with Crippen LogP contribution in [0, 0.1) is 0 Å². The van der Waals surface area contributed by atoms with Gasteiger partial charge in [-0.15, -0.1) is 0 Å². The minimum atomic E-state index is 0.912. The maximum absolute atomic E-state index is 6.50. The van der Waals surface area contributed by atoms with E-state index in [9.17, 15) is 0 Å². The van der Waals surface area contributed by atoms with Crippen LogP contribution in [0.3, 0.4) is 0 Å². The highest BCUT2D eigenvalue weighted by Gasteiger charge is 2.19. The minimum Gasteiger partial charge on any atom is -0.456 e. The smallest absolute Gasteiger partial charge is 0.136 e. The SMILES string of the molecule is c1ccc(-c2ccc(-c3ccc4ccc5c(-c6cc(-c7ccccc7)cc7oc8ccccc8c67)ccc6ccc3c4c65)cc2)cc1. The second-order valence-electron chi connectivity index (χ2n) is 12.5. The van der Waals surface area contributed by atoms with Gasteiger partial charge in [0.15, 0.2) is 0 Å². The summed E-state index contributed by atoms with van der Waals surface area (Å²) < 4.78 is 6.50. The molecule has 0 saturated carbocycles. The van der Waals surface area contributed by atoms with Crippen molar-refractivity contribution in [2.75, 3.05) is 0 Å². The van der Waals surface area contributed by atoms with Crippen molar-refractivity contribution in [2.24, 2.45) is 0 Å². The first-order valence-corrected chi connectivity index (χ1v) is 16.2. The van der Waals surface area contributed by atoms with E-state index in [4.69, 9.17) is 4.42 Å². The Kier molecular flexibility index (Phi) is 5.64. The first-order valence-electron chi connectivity index (χ1n) is 16.2. The molecule has 0 amide bonds. The van der Waals surface area contributed by atoms with Crippen molar-refractivity contribution in [2.45, 2.75) is 0 Å². The number of benzene rings is 9. The van der Waals surface area contributed by atoms with Gasteiger partial charge >= 0.3 is 0 Å². The number of para-hydroxylation sites is 1. The Labute approximate surface area is 272 Å². The summed E-state index contributed by atoms with van der Waals surface area (Å²) in [7, 11) is 0. The van der Waals surface area contributed by atoms with Gasteiger partial charge in [0.2, 0.25) is 0 Å². The van der Waals surface area contributed by atoms with Gasteiger partial charge in [0, 0.05) is 10.8 Å². The fourth-order valence-corrected chi connectivity index (χ4v) is 7.62. The summed E-state index contributed by atoms with van der Waals surface area (Å²) in [6.45, 7) is 0. The zero-order chi connectivity index (χ0) is 30.9. The van der Waals surface area contributed by atoms with Gasteiger partial charge in [0.1, 0.15) is 11.2 Å². The monoisotopic (exact) mass is 596 g/mol. The van der Waals surface area contributed by atoms with Crippen LogP contribution in [0.4, 0.5) is 0 Å². The van der Waals surface area contributed by atoms with E-state index >= 15 is 0 Å². The fourth-order valence-electron chi connectivity index (χ4n) is 7.62. The van der Waals surface area contributed by atoms with E-state index in [0.29, 0.717) is 0 Å². The standard InChI is InChI=1S/C46H28O/c1-3-9-29(10-4-1)31-15-17-32(18-16-31)36-23-19-33-22-26-39-37(24-20-34-21-25-38(36)44(33)45(34)39)41-27-35(30-11-5-2-6-12-30)28-43-46(41)40-13-7-8-14-42(40)47-43/h1-28H. The number of hydrogen-bond acceptors (Lipinski definition) is 1. The lowest BCUT2D eigenvalue weighted by Gasteiger charge is -2.17. The molecule has 0 aliphatic rings. The minimum absolute atomic E-state index is 0.912. The molecule has 10 aromatic rings. The summed E-state index contributed by atoms with van der Waals surface area (Å²) in [6, 6.07) is 61.5. The Morgan fingerprint density at radius 2 is 0.809 bits per heavy atom. The van der Waals surface area contributed by atoms with E-state index in [1.807, 2.05) is 6.07 Å². The van der Waals surface area contributed by atoms with Crippen molar-refractivity contribution in [3.63, 3.8) is 0 Å². The highest BCUT2D eigenvalue weighted by Crippen LogP contribution is 2.46. The third-order valence-electron chi connectivity index (χ3n) is 9.84. The van der Waals surface area contributed by atoms with Crippen LogP contribution in [0.1, 0.15) is 0 Å². The van der Waals surface area contributed by atoms with Crippen molar-refractivity contribution < 1.29 is 4.42 Å². The molecule has 0 unspecified atom stereocenters. The molecule has 0 radical (unpaired) electrons. The number of rotatable bonds is 4. The average Bonchev–Trinajstić information content (AvgIpc) is 3.53. The quantitative estimate of drug-likeness (QED) is 0.184. The molecule has 1 heteroatoms. The van der Waals surface area contributed by atoms with E-state index < -0.39 is 0 Å². The van der Waals surface area contributed by atoms with Crippen LogP contribution >= 0.6 is 0 Å². The van der Waals surface area contributed by atoms with Crippen molar-refractivity contribution in [3.8, 4) is 44.5 Å². The molecule has 0 N–H and O–H groups in total. The highest BCUT2D eigenvalue weighted by atomic mass is 16.3. The zero-order valence-corrected chi connectivity index (χ0v) is 25.6. The van der Waals surface area contributed by atoms with Crippen LogP contribution in [-0.2, 0) is 0 Å². The Balaban J connectivity index is 1.23. The van der Waals surface area contributed by atoms with Gasteiger partial charge < -0.3 is 4.42 Å². The molecule has 218 valence electrons. The second kappa shape index (κ2) is 10.2. The van der Waals surface area contributed by atoms with Crippen molar-refractivity contribution in [3.05, 3.63) is 170 Å². The molecule has 0 fully saturated rings. The first-order chi connectivity index (χ1) is 23.3. The second-order valence-corrected chi connectivity index (χ2v) is 12.5. The third-order valence-corrected chi connectivity index (χ3v) is 9.84. The van der Waals surface area contributed by atoms with Crippen LogP contribution < -0.4 is 0 Å². The molecular weight excluding hydrogens is 569 g/mol. The molecule has 9 aromatic carbocycles. The predicted molar refractivity (Wildman–Crippen MR) is 199 cm³/mol. The molecule has 0 atom stereocenters. The summed E-state index contributed by atoms with van der Waals surface area (Å²) in [4.78, 5) is 0. The van der Waals surface area contributed by atoms with Gasteiger partial charge in [-0.3, -0.25) is 0 Å². The molecule has 10 rings (SSSR count). The molecular formula is C46H28O. The molecule has 0 saturated heterocycles. The van der Waals surface area contributed by atoms with Crippen LogP contribution in [0.5, 0.6) is 0 Å². The van der Waals surface area contributed by atoms with Gasteiger partial charge in [-0.05, 0) is 95.0 Å². The first kappa shape index (κ1) is 26.1. The average molecular weight is 597 g/mol. The molecule has 0 aliphatic heterocycles. The van der Waals surface area contributed by atoms with Gasteiger partial charge in [0.05, 0.1) is 0 Å². The predicted octanol–water partition coefficient (Wildman–Crippen LogP) is 13.2. The zero-order valence-electron chi connectivity index (χ0n) is 25.6. The molecule has 1 nitrogen and oxygen atoms in total. The molecule has 47 heavy (non-hydrogen) atoms. The van der Waals surface area contributed by atoms with Gasteiger partial charge in [-0.25, -0.2) is 0 Å². The molecule has 1 heterocycles. The van der Waals surface area contributed by atoms with Crippen LogP contribution in [0.25, 0.3) is 98.8 Å². The third kappa shape index (κ3) is 4.03. The van der Waals surface area contributed by atoms with Crippen molar-refractivity contribution in [1.82, 2.24) is 0 Å². The lowest BCUT2D eigenvalue weighted by Crippen LogP contribution is -1.90. The van der Waals surface area contributed by atoms with Crippen LogP contribution in [-0.4, -0.2) is 0 Å². The number of hydrogen-bond donors (Lipinski definition) is 0. The van der Waals surface area contributed by atoms with E-state index in [0.717, 1.165) is 27.5 Å². The molecule has 0 bridgehead atoms. The van der Waals surface area contributed by atoms with E-state index in [1.54, 1.807) is 0 Å². The normalized spacial score (nSPS) is 11.8. The molecule has 1 aromatic heterocycles. The van der Waals surface area contributed by atoms with E-state index in [2.05, 4.69) is 164 Å². The highest BCUT2D eigenvalue weighted by molar-refractivity contribution is 6.29. The van der Waals surface area contributed by atoms with E-state index in [-0.39, 0.29) is 0 Å². The number of fused-ring (bicyclic) bond motifs is 3. The van der Waals surface area contributed by atoms with Crippen LogP contribution in [0.15, 0.2) is 174 Å². The summed E-state index contributed by atoms with van der Waals surface area (Å²) in [5.41, 5.74) is 11.5. The summed E-state index contributed by atoms with van der Waals surface area (Å²) in [5, 5.41) is 9.99. The maximum Gasteiger partial charge on any atom is 0.136 e. The Bertz CT molecular complexity index is 2750. The summed E-state index contributed by atoms with van der Waals surface area (Å²) >= 11 is 0. The lowest BCUT2D eigenvalue weighted by molar-refractivity contribution is 0.669.